The summed E-state index contributed by atoms with van der Waals surface area (Å²) in [6.07, 6.45) is 0. The summed E-state index contributed by atoms with van der Waals surface area (Å²) in [6.45, 7) is 0. The summed E-state index contributed by atoms with van der Waals surface area (Å²) in [7, 11) is 0. The van der Waals surface area contributed by atoms with Crippen LogP contribution in [0.4, 0.5) is 0 Å². The van der Waals surface area contributed by atoms with E-state index in [4.69, 9.17) is 0 Å². The zero-order valence-corrected chi connectivity index (χ0v) is 16.2. The molecule has 0 unspecified atom stereocenters. The van der Waals surface area contributed by atoms with Gasteiger partial charge in [-0.1, -0.05) is 0 Å². The minimum Gasteiger partial charge on any atom is -0.507 e. The van der Waals surface area contributed by atoms with E-state index in [9.17, 15) is 40.9 Å². The monoisotopic (exact) mass is 432 g/mol. The molecular formula is C24H16O8. The molecule has 0 fully saturated rings. The molecule has 8 nitrogen and oxygen atoms in total. The van der Waals surface area contributed by atoms with Crippen LogP contribution < -0.4 is 0 Å². The number of hydrogen-bond donors (Lipinski definition) is 8. The molecule has 5 rings (SSSR count). The van der Waals surface area contributed by atoms with Gasteiger partial charge in [-0.2, -0.15) is 0 Å². The lowest BCUT2D eigenvalue weighted by Gasteiger charge is -2.27. The molecule has 0 saturated heterocycles. The molecule has 32 heavy (non-hydrogen) atoms. The van der Waals surface area contributed by atoms with E-state index in [1.165, 1.54) is 0 Å². The van der Waals surface area contributed by atoms with Crippen LogP contribution >= 0.6 is 0 Å². The molecule has 0 bridgehead atoms. The fourth-order valence-corrected chi connectivity index (χ4v) is 4.35. The molecule has 8 heteroatoms. The molecule has 0 heterocycles. The highest BCUT2D eigenvalue weighted by atomic mass is 16.3. The maximum Gasteiger partial charge on any atom is 0.124 e. The number of phenols is 8. The third-order valence-electron chi connectivity index (χ3n) is 5.65. The van der Waals surface area contributed by atoms with Crippen molar-refractivity contribution in [1.29, 1.82) is 0 Å². The van der Waals surface area contributed by atoms with E-state index in [-0.39, 0.29) is 44.5 Å². The van der Waals surface area contributed by atoms with Gasteiger partial charge in [0, 0.05) is 44.5 Å². The van der Waals surface area contributed by atoms with Gasteiger partial charge in [0.15, 0.2) is 0 Å². The predicted molar refractivity (Wildman–Crippen MR) is 115 cm³/mol. The van der Waals surface area contributed by atoms with Gasteiger partial charge in [0.25, 0.3) is 0 Å². The summed E-state index contributed by atoms with van der Waals surface area (Å²) in [5, 5.41) is 86.1. The fraction of sp³-hybridized carbons (Fsp3) is 0. The molecular weight excluding hydrogens is 416 g/mol. The van der Waals surface area contributed by atoms with E-state index in [1.807, 2.05) is 0 Å². The second kappa shape index (κ2) is 6.39. The summed E-state index contributed by atoms with van der Waals surface area (Å²) < 4.78 is 0. The van der Waals surface area contributed by atoms with Gasteiger partial charge in [0.2, 0.25) is 0 Å². The number of benzene rings is 4. The van der Waals surface area contributed by atoms with Crippen LogP contribution in [0.1, 0.15) is 0 Å². The molecule has 0 amide bonds. The van der Waals surface area contributed by atoms with Gasteiger partial charge in [0.05, 0.1) is 0 Å². The second-order valence-corrected chi connectivity index (χ2v) is 7.42. The average molecular weight is 432 g/mol. The minimum atomic E-state index is -0.420. The van der Waals surface area contributed by atoms with Crippen LogP contribution in [-0.2, 0) is 0 Å². The van der Waals surface area contributed by atoms with Gasteiger partial charge in [-0.25, -0.2) is 0 Å². The smallest absolute Gasteiger partial charge is 0.124 e. The van der Waals surface area contributed by atoms with E-state index >= 15 is 0 Å². The maximum absolute atomic E-state index is 10.8. The highest BCUT2D eigenvalue weighted by Gasteiger charge is 2.35. The summed E-state index contributed by atoms with van der Waals surface area (Å²) in [5.74, 6) is -3.36. The minimum absolute atomic E-state index is 0.163. The van der Waals surface area contributed by atoms with Crippen LogP contribution in [0.2, 0.25) is 0 Å². The molecule has 0 aliphatic heterocycles. The standard InChI is InChI=1S/C24H16O8/c25-9-1-2-10(26)18-17(9)19-11(27)3-4-13(29)21(19)23-15(31)7-8-16(32)24(23)22-14(30)6-5-12(28)20(18)22/h1-8,25-32H. The zero-order chi connectivity index (χ0) is 22.9. The molecule has 4 aromatic carbocycles. The van der Waals surface area contributed by atoms with E-state index in [0.717, 1.165) is 48.5 Å². The SMILES string of the molecule is Oc1ccc(O)c2c1-c1c(O)ccc(O)c1-c1c(O)ccc(O)c1-c1c(O)ccc(O)c1-2. The molecule has 0 saturated carbocycles. The Morgan fingerprint density at radius 2 is 0.312 bits per heavy atom. The first-order valence-corrected chi connectivity index (χ1v) is 9.43. The first kappa shape index (κ1) is 19.3. The first-order chi connectivity index (χ1) is 15.2. The molecule has 0 spiro atoms. The van der Waals surface area contributed by atoms with Crippen LogP contribution in [0.5, 0.6) is 46.0 Å². The van der Waals surface area contributed by atoms with Gasteiger partial charge < -0.3 is 40.9 Å². The van der Waals surface area contributed by atoms with Crippen molar-refractivity contribution >= 4 is 0 Å². The number of rotatable bonds is 0. The van der Waals surface area contributed by atoms with Gasteiger partial charge >= 0.3 is 0 Å². The third-order valence-corrected chi connectivity index (χ3v) is 5.65. The maximum atomic E-state index is 10.8. The normalized spacial score (nSPS) is 11.5. The van der Waals surface area contributed by atoms with Crippen molar-refractivity contribution in [3.8, 4) is 90.5 Å². The Kier molecular flexibility index (Phi) is 3.84. The molecule has 0 atom stereocenters. The van der Waals surface area contributed by atoms with Crippen LogP contribution in [-0.4, -0.2) is 40.9 Å². The Balaban J connectivity index is 2.20. The van der Waals surface area contributed by atoms with Gasteiger partial charge in [-0.15, -0.1) is 0 Å². The lowest BCUT2D eigenvalue weighted by Crippen LogP contribution is -2.00. The molecule has 0 radical (unpaired) electrons. The number of fused-ring (bicyclic) bond motifs is 8. The van der Waals surface area contributed by atoms with Crippen LogP contribution in [0, 0.1) is 0 Å². The largest absolute Gasteiger partial charge is 0.507 e. The number of aromatic hydroxyl groups is 8. The average Bonchev–Trinajstić information content (AvgIpc) is 2.74. The van der Waals surface area contributed by atoms with E-state index < -0.39 is 46.0 Å². The lowest BCUT2D eigenvalue weighted by molar-refractivity contribution is 0.450. The Morgan fingerprint density at radius 3 is 0.406 bits per heavy atom. The highest BCUT2D eigenvalue weighted by molar-refractivity contribution is 6.12. The molecule has 1 aliphatic carbocycles. The summed E-state index contributed by atoms with van der Waals surface area (Å²) in [6, 6.07) is 9.27. The second-order valence-electron chi connectivity index (χ2n) is 7.42. The quantitative estimate of drug-likeness (QED) is 0.168. The van der Waals surface area contributed by atoms with Gasteiger partial charge in [0.1, 0.15) is 46.0 Å². The van der Waals surface area contributed by atoms with Crippen molar-refractivity contribution in [3.05, 3.63) is 48.5 Å². The van der Waals surface area contributed by atoms with Crippen molar-refractivity contribution < 1.29 is 40.9 Å². The first-order valence-electron chi connectivity index (χ1n) is 9.43. The Labute approximate surface area is 180 Å². The molecule has 1 aliphatic rings. The van der Waals surface area contributed by atoms with Crippen LogP contribution in [0.3, 0.4) is 0 Å². The van der Waals surface area contributed by atoms with E-state index in [1.54, 1.807) is 0 Å². The zero-order valence-electron chi connectivity index (χ0n) is 16.2. The van der Waals surface area contributed by atoms with Crippen molar-refractivity contribution in [2.24, 2.45) is 0 Å². The Morgan fingerprint density at radius 1 is 0.219 bits per heavy atom. The van der Waals surface area contributed by atoms with Crippen LogP contribution in [0.15, 0.2) is 48.5 Å². The molecule has 8 N–H and O–H groups in total. The Hall–Kier alpha value is -4.72. The van der Waals surface area contributed by atoms with Crippen LogP contribution in [0.25, 0.3) is 44.5 Å². The lowest BCUT2D eigenvalue weighted by atomic mass is 9.78. The number of phenolic OH excluding ortho intramolecular Hbond substituents is 8. The molecule has 4 aromatic rings. The van der Waals surface area contributed by atoms with E-state index in [2.05, 4.69) is 0 Å². The highest BCUT2D eigenvalue weighted by Crippen LogP contribution is 2.62. The summed E-state index contributed by atoms with van der Waals surface area (Å²) >= 11 is 0. The topological polar surface area (TPSA) is 162 Å². The van der Waals surface area contributed by atoms with Gasteiger partial charge in [-0.05, 0) is 48.5 Å². The third kappa shape index (κ3) is 2.37. The molecule has 160 valence electrons. The summed E-state index contributed by atoms with van der Waals surface area (Å²) in [4.78, 5) is 0. The Bertz CT molecular complexity index is 1100. The summed E-state index contributed by atoms with van der Waals surface area (Å²) in [5.41, 5.74) is -1.30. The van der Waals surface area contributed by atoms with Crippen molar-refractivity contribution in [1.82, 2.24) is 0 Å². The van der Waals surface area contributed by atoms with Gasteiger partial charge in [-0.3, -0.25) is 0 Å². The van der Waals surface area contributed by atoms with Crippen molar-refractivity contribution in [3.63, 3.8) is 0 Å². The van der Waals surface area contributed by atoms with E-state index in [0.29, 0.717) is 0 Å². The molecule has 0 aromatic heterocycles. The number of hydrogen-bond acceptors (Lipinski definition) is 8. The fourth-order valence-electron chi connectivity index (χ4n) is 4.35. The van der Waals surface area contributed by atoms with Crippen molar-refractivity contribution in [2.75, 3.05) is 0 Å². The predicted octanol–water partition coefficient (Wildman–Crippen LogP) is 4.31. The van der Waals surface area contributed by atoms with Crippen molar-refractivity contribution in [2.45, 2.75) is 0 Å².